The number of carbonyl (C=O) groups excluding carboxylic acids is 1. The molecule has 0 spiro atoms. The smallest absolute Gasteiger partial charge is 0.224 e. The Kier molecular flexibility index (Phi) is 4.40. The maximum absolute atomic E-state index is 12.1. The zero-order valence-corrected chi connectivity index (χ0v) is 11.0. The van der Waals surface area contributed by atoms with Crippen LogP contribution in [0.5, 0.6) is 0 Å². The van der Waals surface area contributed by atoms with Crippen LogP contribution in [0.4, 0.5) is 0 Å². The van der Waals surface area contributed by atoms with Crippen LogP contribution in [0.2, 0.25) is 0 Å². The fraction of sp³-hybridized carbons (Fsp3) is 0.923. The molecule has 0 radical (unpaired) electrons. The number of hydrogen-bond donors (Lipinski definition) is 2. The van der Waals surface area contributed by atoms with Crippen LogP contribution in [0, 0.1) is 5.92 Å². The molecule has 0 aromatic rings. The van der Waals surface area contributed by atoms with Crippen molar-refractivity contribution in [2.24, 2.45) is 5.92 Å². The molecule has 1 amide bonds. The van der Waals surface area contributed by atoms with E-state index in [1.807, 2.05) is 0 Å². The van der Waals surface area contributed by atoms with Gasteiger partial charge in [0.25, 0.3) is 0 Å². The summed E-state index contributed by atoms with van der Waals surface area (Å²) in [6, 6.07) is 0.973. The molecule has 2 atom stereocenters. The maximum Gasteiger partial charge on any atom is 0.224 e. The van der Waals surface area contributed by atoms with E-state index in [2.05, 4.69) is 29.5 Å². The number of nitrogens with zero attached hydrogens (tertiary/aromatic N) is 1. The molecule has 98 valence electrons. The van der Waals surface area contributed by atoms with E-state index in [4.69, 9.17) is 0 Å². The zero-order chi connectivity index (χ0) is 12.3. The second-order valence-corrected chi connectivity index (χ2v) is 5.67. The first-order chi connectivity index (χ1) is 8.15. The number of hydrogen-bond acceptors (Lipinski definition) is 3. The minimum Gasteiger partial charge on any atom is -0.353 e. The van der Waals surface area contributed by atoms with E-state index in [0.29, 0.717) is 12.1 Å². The minimum atomic E-state index is 0.186. The highest BCUT2D eigenvalue weighted by Gasteiger charge is 2.26. The van der Waals surface area contributed by atoms with E-state index >= 15 is 0 Å². The molecule has 2 rings (SSSR count). The molecule has 2 aliphatic heterocycles. The fourth-order valence-corrected chi connectivity index (χ4v) is 2.69. The molecule has 0 bridgehead atoms. The molecule has 0 saturated carbocycles. The monoisotopic (exact) mass is 239 g/mol. The van der Waals surface area contributed by atoms with Crippen molar-refractivity contribution in [3.63, 3.8) is 0 Å². The second kappa shape index (κ2) is 5.83. The van der Waals surface area contributed by atoms with Crippen LogP contribution >= 0.6 is 0 Å². The van der Waals surface area contributed by atoms with Crippen LogP contribution in [-0.2, 0) is 4.79 Å². The summed E-state index contributed by atoms with van der Waals surface area (Å²) in [6.45, 7) is 5.24. The molecular weight excluding hydrogens is 214 g/mol. The van der Waals surface area contributed by atoms with Gasteiger partial charge in [-0.25, -0.2) is 0 Å². The SMILES string of the molecule is CC1CCC(C(=O)NC2CCN(C)CC2)CN1. The third-order valence-electron chi connectivity index (χ3n) is 4.10. The van der Waals surface area contributed by atoms with Crippen molar-refractivity contribution < 1.29 is 4.79 Å². The lowest BCUT2D eigenvalue weighted by Gasteiger charge is -2.32. The van der Waals surface area contributed by atoms with Crippen molar-refractivity contribution in [2.75, 3.05) is 26.7 Å². The Morgan fingerprint density at radius 3 is 2.53 bits per heavy atom. The first-order valence-electron chi connectivity index (χ1n) is 6.87. The van der Waals surface area contributed by atoms with Crippen molar-refractivity contribution in [1.29, 1.82) is 0 Å². The molecule has 2 unspecified atom stereocenters. The van der Waals surface area contributed by atoms with Crippen molar-refractivity contribution >= 4 is 5.91 Å². The predicted octanol–water partition coefficient (Wildman–Crippen LogP) is 0.585. The van der Waals surface area contributed by atoms with Gasteiger partial charge in [-0.15, -0.1) is 0 Å². The van der Waals surface area contributed by atoms with Gasteiger partial charge >= 0.3 is 0 Å². The number of likely N-dealkylation sites (tertiary alicyclic amines) is 1. The van der Waals surface area contributed by atoms with Gasteiger partial charge in [0.2, 0.25) is 5.91 Å². The Balaban J connectivity index is 1.73. The minimum absolute atomic E-state index is 0.186. The third-order valence-corrected chi connectivity index (χ3v) is 4.10. The molecule has 0 aromatic carbocycles. The highest BCUT2D eigenvalue weighted by molar-refractivity contribution is 5.79. The van der Waals surface area contributed by atoms with Gasteiger partial charge in [0.15, 0.2) is 0 Å². The lowest BCUT2D eigenvalue weighted by Crippen LogP contribution is -2.49. The van der Waals surface area contributed by atoms with Crippen molar-refractivity contribution in [1.82, 2.24) is 15.5 Å². The summed E-state index contributed by atoms with van der Waals surface area (Å²) in [4.78, 5) is 14.4. The number of rotatable bonds is 2. The molecule has 2 N–H and O–H groups in total. The topological polar surface area (TPSA) is 44.4 Å². The molecule has 0 aromatic heterocycles. The predicted molar refractivity (Wildman–Crippen MR) is 68.9 cm³/mol. The number of amides is 1. The van der Waals surface area contributed by atoms with Gasteiger partial charge in [-0.05, 0) is 52.7 Å². The summed E-state index contributed by atoms with van der Waals surface area (Å²) < 4.78 is 0. The van der Waals surface area contributed by atoms with Gasteiger partial charge in [0, 0.05) is 18.6 Å². The Hall–Kier alpha value is -0.610. The van der Waals surface area contributed by atoms with Crippen molar-refractivity contribution in [3.8, 4) is 0 Å². The van der Waals surface area contributed by atoms with E-state index in [1.54, 1.807) is 0 Å². The van der Waals surface area contributed by atoms with E-state index in [0.717, 1.165) is 45.3 Å². The van der Waals surface area contributed by atoms with Gasteiger partial charge in [0.05, 0.1) is 5.92 Å². The molecule has 2 heterocycles. The van der Waals surface area contributed by atoms with Crippen molar-refractivity contribution in [2.45, 2.75) is 44.7 Å². The summed E-state index contributed by atoms with van der Waals surface area (Å²) in [5, 5.41) is 6.61. The molecular formula is C13H25N3O. The first-order valence-corrected chi connectivity index (χ1v) is 6.87. The Morgan fingerprint density at radius 2 is 1.94 bits per heavy atom. The highest BCUT2D eigenvalue weighted by Crippen LogP contribution is 2.15. The maximum atomic E-state index is 12.1. The lowest BCUT2D eigenvalue weighted by molar-refractivity contribution is -0.126. The quantitative estimate of drug-likeness (QED) is 0.741. The van der Waals surface area contributed by atoms with Crippen LogP contribution in [-0.4, -0.2) is 49.6 Å². The van der Waals surface area contributed by atoms with Crippen LogP contribution < -0.4 is 10.6 Å². The second-order valence-electron chi connectivity index (χ2n) is 5.67. The number of carbonyl (C=O) groups is 1. The summed E-state index contributed by atoms with van der Waals surface area (Å²) in [6.07, 6.45) is 4.34. The molecule has 2 aliphatic rings. The molecule has 4 heteroatoms. The van der Waals surface area contributed by atoms with Crippen LogP contribution in [0.3, 0.4) is 0 Å². The van der Waals surface area contributed by atoms with Crippen LogP contribution in [0.1, 0.15) is 32.6 Å². The molecule has 17 heavy (non-hydrogen) atoms. The zero-order valence-electron chi connectivity index (χ0n) is 11.0. The Morgan fingerprint density at radius 1 is 1.24 bits per heavy atom. The largest absolute Gasteiger partial charge is 0.353 e. The standard InChI is InChI=1S/C13H25N3O/c1-10-3-4-11(9-14-10)13(17)15-12-5-7-16(2)8-6-12/h10-12,14H,3-9H2,1-2H3,(H,15,17). The van der Waals surface area contributed by atoms with Crippen molar-refractivity contribution in [3.05, 3.63) is 0 Å². The molecule has 2 saturated heterocycles. The Bertz CT molecular complexity index is 253. The van der Waals surface area contributed by atoms with E-state index in [9.17, 15) is 4.79 Å². The van der Waals surface area contributed by atoms with Gasteiger partial charge in [-0.1, -0.05) is 0 Å². The van der Waals surface area contributed by atoms with Gasteiger partial charge in [-0.3, -0.25) is 4.79 Å². The van der Waals surface area contributed by atoms with Gasteiger partial charge in [0.1, 0.15) is 0 Å². The molecule has 0 aliphatic carbocycles. The van der Waals surface area contributed by atoms with E-state index in [-0.39, 0.29) is 11.8 Å². The molecule has 4 nitrogen and oxygen atoms in total. The van der Waals surface area contributed by atoms with Gasteiger partial charge in [-0.2, -0.15) is 0 Å². The highest BCUT2D eigenvalue weighted by atomic mass is 16.2. The third kappa shape index (κ3) is 3.68. The summed E-state index contributed by atoms with van der Waals surface area (Å²) in [5.41, 5.74) is 0. The fourth-order valence-electron chi connectivity index (χ4n) is 2.69. The van der Waals surface area contributed by atoms with Crippen LogP contribution in [0.25, 0.3) is 0 Å². The van der Waals surface area contributed by atoms with Crippen LogP contribution in [0.15, 0.2) is 0 Å². The summed E-state index contributed by atoms with van der Waals surface area (Å²) in [5.74, 6) is 0.449. The van der Waals surface area contributed by atoms with E-state index < -0.39 is 0 Å². The normalized spacial score (nSPS) is 32.4. The summed E-state index contributed by atoms with van der Waals surface area (Å²) >= 11 is 0. The summed E-state index contributed by atoms with van der Waals surface area (Å²) in [7, 11) is 2.14. The van der Waals surface area contributed by atoms with Gasteiger partial charge < -0.3 is 15.5 Å². The molecule has 2 fully saturated rings. The Labute approximate surface area is 104 Å². The first kappa shape index (κ1) is 12.8. The van der Waals surface area contributed by atoms with E-state index in [1.165, 1.54) is 0 Å². The lowest BCUT2D eigenvalue weighted by atomic mass is 9.94. The number of piperidine rings is 2. The average molecular weight is 239 g/mol. The average Bonchev–Trinajstić information content (AvgIpc) is 2.33. The number of nitrogens with one attached hydrogen (secondary N) is 2.